The first-order valence-electron chi connectivity index (χ1n) is 22.0. The summed E-state index contributed by atoms with van der Waals surface area (Å²) in [5.74, 6) is 4.75. The summed E-state index contributed by atoms with van der Waals surface area (Å²) in [5, 5.41) is 3.57. The second kappa shape index (κ2) is 22.2. The number of hydrazine groups is 1. The van der Waals surface area contributed by atoms with E-state index in [1.165, 1.54) is 46.9 Å². The Morgan fingerprint density at radius 2 is 1.00 bits per heavy atom. The summed E-state index contributed by atoms with van der Waals surface area (Å²) >= 11 is 0. The molecule has 0 aliphatic carbocycles. The minimum atomic E-state index is -4.47. The minimum Gasteiger partial charge on any atom is -0.496 e. The Bertz CT molecular complexity index is 2890. The summed E-state index contributed by atoms with van der Waals surface area (Å²) in [4.78, 5) is 58.1. The van der Waals surface area contributed by atoms with Crippen LogP contribution in [0.2, 0.25) is 0 Å². The number of carbonyl (C=O) groups excluding carboxylic acids is 4. The number of carbonyl (C=O) groups is 4. The maximum absolute atomic E-state index is 12.6. The van der Waals surface area contributed by atoms with Gasteiger partial charge in [-0.1, -0.05) is 6.07 Å². The first-order chi connectivity index (χ1) is 33.5. The van der Waals surface area contributed by atoms with E-state index in [9.17, 15) is 45.5 Å². The van der Waals surface area contributed by atoms with Gasteiger partial charge >= 0.3 is 24.5 Å². The zero-order chi connectivity index (χ0) is 53.5. The molecule has 72 heavy (non-hydrogen) atoms. The van der Waals surface area contributed by atoms with E-state index in [0.717, 1.165) is 16.1 Å². The minimum absolute atomic E-state index is 0.0482. The number of rotatable bonds is 15. The van der Waals surface area contributed by atoms with Crippen molar-refractivity contribution >= 4 is 51.5 Å². The summed E-state index contributed by atoms with van der Waals surface area (Å²) in [5.41, 5.74) is 3.21. The number of alkyl halides is 6. The predicted molar refractivity (Wildman–Crippen MR) is 254 cm³/mol. The number of fused-ring (bicyclic) bond motifs is 2. The summed E-state index contributed by atoms with van der Waals surface area (Å²) in [6.07, 6.45) is -11.1. The molecule has 4 aromatic carbocycles. The number of amides is 2. The molecule has 0 radical (unpaired) electrons. The molecule has 3 N–H and O–H groups in total. The molecule has 0 unspecified atom stereocenters. The average Bonchev–Trinajstić information content (AvgIpc) is 3.93. The fourth-order valence-electron chi connectivity index (χ4n) is 7.02. The largest absolute Gasteiger partial charge is 0.496 e. The first-order valence-corrected chi connectivity index (χ1v) is 22.0. The van der Waals surface area contributed by atoms with Crippen LogP contribution >= 0.6 is 0 Å². The van der Waals surface area contributed by atoms with Gasteiger partial charge in [0.25, 0.3) is 0 Å². The molecule has 0 saturated heterocycles. The normalized spacial score (nSPS) is 11.9. The zero-order valence-corrected chi connectivity index (χ0v) is 41.1. The monoisotopic (exact) mass is 1020 g/mol. The van der Waals surface area contributed by atoms with E-state index in [2.05, 4.69) is 15.3 Å². The molecule has 0 atom stereocenters. The molecule has 0 aliphatic rings. The van der Waals surface area contributed by atoms with Crippen molar-refractivity contribution in [2.75, 3.05) is 33.4 Å². The van der Waals surface area contributed by atoms with Gasteiger partial charge in [-0.25, -0.2) is 30.4 Å². The highest BCUT2D eigenvalue weighted by Crippen LogP contribution is 2.38. The third-order valence-electron chi connectivity index (χ3n) is 10.2. The summed E-state index contributed by atoms with van der Waals surface area (Å²) in [6, 6.07) is 16.4. The van der Waals surface area contributed by atoms with Crippen LogP contribution in [-0.4, -0.2) is 94.8 Å². The highest BCUT2D eigenvalue weighted by atomic mass is 19.4. The van der Waals surface area contributed by atoms with Gasteiger partial charge in [0.05, 0.1) is 80.4 Å². The van der Waals surface area contributed by atoms with Gasteiger partial charge in [-0.15, -0.1) is 0 Å². The Labute approximate surface area is 410 Å². The molecule has 0 fully saturated rings. The lowest BCUT2D eigenvalue weighted by atomic mass is 10.0. The van der Waals surface area contributed by atoms with Crippen molar-refractivity contribution in [2.24, 2.45) is 5.84 Å². The van der Waals surface area contributed by atoms with Gasteiger partial charge in [-0.05, 0) is 77.4 Å². The third kappa shape index (κ3) is 14.5. The van der Waals surface area contributed by atoms with Gasteiger partial charge in [-0.2, -0.15) is 26.3 Å². The maximum atomic E-state index is 12.6. The van der Waals surface area contributed by atoms with Crippen molar-refractivity contribution in [1.29, 1.82) is 0 Å². The number of ether oxygens (including phenoxy) is 6. The van der Waals surface area contributed by atoms with E-state index >= 15 is 0 Å². The number of nitrogens with zero attached hydrogens (tertiary/aromatic N) is 5. The van der Waals surface area contributed by atoms with Crippen molar-refractivity contribution in [3.63, 3.8) is 0 Å². The van der Waals surface area contributed by atoms with Crippen molar-refractivity contribution in [3.8, 4) is 34.4 Å². The zero-order valence-electron chi connectivity index (χ0n) is 41.1. The Morgan fingerprint density at radius 1 is 0.597 bits per heavy atom. The molecule has 2 heterocycles. The lowest BCUT2D eigenvalue weighted by Gasteiger charge is -2.24. The number of halogens is 6. The molecule has 2 aromatic heterocycles. The lowest BCUT2D eigenvalue weighted by molar-refractivity contribution is -0.134. The molecule has 6 aromatic rings. The highest BCUT2D eigenvalue weighted by Gasteiger charge is 2.32. The van der Waals surface area contributed by atoms with Gasteiger partial charge in [0.1, 0.15) is 58.0 Å². The topological polar surface area (TPSA) is 201 Å². The standard InChI is InChI=1S/C25H28F3N3O5.C24H27F3N4O5/c1-24(2,3)36-23(33)29-13-15-6-7-18-17(10-15)30-14-31(18)16-11-20(34-4)22(21(12-16)35-5)19(32)8-9-25(26,27)28;1-23(2,3)36-22(33)31(28)14-6-7-17-16(10-14)29-13-30(17)15-11-19(34-4)21(20(12-15)35-5)18(32)8-9-24(25,26)27/h6-7,10-12,14H,8-9,13H2,1-5H3,(H,29,33);6-7,10-13H,8-9,28H2,1-5H3. The van der Waals surface area contributed by atoms with Crippen molar-refractivity contribution < 1.29 is 73.9 Å². The van der Waals surface area contributed by atoms with Crippen molar-refractivity contribution in [1.82, 2.24) is 24.4 Å². The average molecular weight is 1020 g/mol. The van der Waals surface area contributed by atoms with Crippen LogP contribution in [0.25, 0.3) is 33.4 Å². The number of aromatic nitrogens is 4. The molecule has 0 saturated carbocycles. The van der Waals surface area contributed by atoms with Gasteiger partial charge in [0.2, 0.25) is 0 Å². The van der Waals surface area contributed by atoms with Crippen LogP contribution in [0.1, 0.15) is 93.5 Å². The van der Waals surface area contributed by atoms with Crippen LogP contribution in [0.5, 0.6) is 23.0 Å². The highest BCUT2D eigenvalue weighted by molar-refractivity contribution is 6.02. The van der Waals surface area contributed by atoms with E-state index in [4.69, 9.17) is 34.3 Å². The Kier molecular flexibility index (Phi) is 17.1. The first kappa shape index (κ1) is 55.4. The molecule has 2 amide bonds. The number of nitrogens with one attached hydrogen (secondary N) is 1. The van der Waals surface area contributed by atoms with Crippen LogP contribution in [-0.2, 0) is 16.0 Å². The molecule has 6 rings (SSSR count). The van der Waals surface area contributed by atoms with Gasteiger partial charge in [-0.3, -0.25) is 18.7 Å². The SMILES string of the molecule is COc1cc(-n2cnc3cc(CNC(=O)OC(C)(C)C)ccc32)cc(OC)c1C(=O)CCC(F)(F)F.COc1cc(-n2cnc3cc(N(N)C(=O)OC(C)(C)C)ccc32)cc(OC)c1C(=O)CCC(F)(F)F. The smallest absolute Gasteiger partial charge is 0.429 e. The number of anilines is 1. The predicted octanol–water partition coefficient (Wildman–Crippen LogP) is 10.8. The molecule has 23 heteroatoms. The molecular weight excluding hydrogens is 961 g/mol. The molecular formula is C49H55F6N7O10. The van der Waals surface area contributed by atoms with Gasteiger partial charge in [0, 0.05) is 43.7 Å². The summed E-state index contributed by atoms with van der Waals surface area (Å²) in [7, 11) is 5.28. The molecule has 388 valence electrons. The number of hydrogen-bond donors (Lipinski definition) is 2. The van der Waals surface area contributed by atoms with E-state index in [1.807, 2.05) is 18.2 Å². The Morgan fingerprint density at radius 3 is 1.39 bits per heavy atom. The summed E-state index contributed by atoms with van der Waals surface area (Å²) in [6.45, 7) is 10.7. The van der Waals surface area contributed by atoms with Gasteiger partial charge in [0.15, 0.2) is 11.6 Å². The summed E-state index contributed by atoms with van der Waals surface area (Å²) < 4.78 is 111. The van der Waals surface area contributed by atoms with E-state index in [0.29, 0.717) is 33.6 Å². The van der Waals surface area contributed by atoms with E-state index < -0.39 is 73.0 Å². The van der Waals surface area contributed by atoms with Crippen LogP contribution < -0.4 is 35.1 Å². The van der Waals surface area contributed by atoms with E-state index in [-0.39, 0.29) is 40.7 Å². The molecule has 0 aliphatic heterocycles. The van der Waals surface area contributed by atoms with Crippen molar-refractivity contribution in [3.05, 3.63) is 90.0 Å². The second-order valence-corrected chi connectivity index (χ2v) is 18.0. The number of nitrogens with two attached hydrogens (primary N) is 1. The number of benzene rings is 4. The Hall–Kier alpha value is -7.56. The van der Waals surface area contributed by atoms with E-state index in [1.54, 1.807) is 87.3 Å². The molecule has 0 bridgehead atoms. The van der Waals surface area contributed by atoms with Crippen LogP contribution in [0.4, 0.5) is 41.6 Å². The van der Waals surface area contributed by atoms with Crippen LogP contribution in [0.15, 0.2) is 73.3 Å². The molecule has 0 spiro atoms. The maximum Gasteiger partial charge on any atom is 0.429 e. The number of hydrogen-bond acceptors (Lipinski definition) is 13. The number of alkyl carbamates (subject to hydrolysis) is 1. The molecule has 17 nitrogen and oxygen atoms in total. The number of methoxy groups -OCH3 is 4. The van der Waals surface area contributed by atoms with Crippen LogP contribution in [0.3, 0.4) is 0 Å². The lowest BCUT2D eigenvalue weighted by Crippen LogP contribution is -2.41. The number of Topliss-reactive ketones (excluding diaryl/α,β-unsaturated/α-hetero) is 2. The number of ketones is 2. The number of imidazole rings is 2. The second-order valence-electron chi connectivity index (χ2n) is 18.0. The fraction of sp³-hybridized carbons (Fsp3) is 0.388. The van der Waals surface area contributed by atoms with Gasteiger partial charge < -0.3 is 33.7 Å². The van der Waals surface area contributed by atoms with Crippen LogP contribution in [0, 0.1) is 0 Å². The quantitative estimate of drug-likeness (QED) is 0.0324. The third-order valence-corrected chi connectivity index (χ3v) is 10.2. The van der Waals surface area contributed by atoms with Crippen molar-refractivity contribution in [2.45, 2.75) is 97.3 Å². The Balaban J connectivity index is 0.000000267. The fourth-order valence-corrected chi connectivity index (χ4v) is 7.02.